The second kappa shape index (κ2) is 7.81. The third-order valence-corrected chi connectivity index (χ3v) is 11.6. The molecule has 2 aromatic rings. The molecule has 1 aromatic heterocycles. The van der Waals surface area contributed by atoms with E-state index in [0.717, 1.165) is 0 Å². The number of aromatic nitrogens is 4. The Morgan fingerprint density at radius 1 is 1.15 bits per heavy atom. The molecule has 0 saturated heterocycles. The van der Waals surface area contributed by atoms with Crippen molar-refractivity contribution in [2.75, 3.05) is 5.75 Å². The molecule has 9 heteroatoms. The van der Waals surface area contributed by atoms with Gasteiger partial charge in [0, 0.05) is 6.10 Å². The van der Waals surface area contributed by atoms with Crippen molar-refractivity contribution in [2.24, 2.45) is 5.92 Å². The fourth-order valence-electron chi connectivity index (χ4n) is 2.42. The number of nitrogens with zero attached hydrogens (tertiary/aromatic N) is 4. The number of sulfone groups is 1. The molecule has 1 heterocycles. The zero-order valence-electron chi connectivity index (χ0n) is 17.2. The second-order valence-electron chi connectivity index (χ2n) is 8.55. The van der Waals surface area contributed by atoms with Crippen LogP contribution in [0.25, 0.3) is 5.69 Å². The molecule has 7 nitrogen and oxygen atoms in total. The van der Waals surface area contributed by atoms with Crippen LogP contribution >= 0.6 is 0 Å². The van der Waals surface area contributed by atoms with Crippen LogP contribution in [0.5, 0.6) is 0 Å². The maximum Gasteiger partial charge on any atom is 0.272 e. The monoisotopic (exact) mass is 410 g/mol. The maximum atomic E-state index is 13.0. The van der Waals surface area contributed by atoms with Gasteiger partial charge in [-0.1, -0.05) is 51.0 Å². The molecule has 0 unspecified atom stereocenters. The van der Waals surface area contributed by atoms with Crippen LogP contribution in [0.2, 0.25) is 18.1 Å². The molecule has 0 spiro atoms. The second-order valence-corrected chi connectivity index (χ2v) is 15.2. The van der Waals surface area contributed by atoms with Crippen molar-refractivity contribution >= 4 is 18.2 Å². The van der Waals surface area contributed by atoms with Crippen LogP contribution < -0.4 is 0 Å². The van der Waals surface area contributed by atoms with Crippen LogP contribution in [0.3, 0.4) is 0 Å². The Morgan fingerprint density at radius 2 is 1.74 bits per heavy atom. The summed E-state index contributed by atoms with van der Waals surface area (Å²) in [5.74, 6) is -0.263. The number of tetrazole rings is 1. The van der Waals surface area contributed by atoms with Crippen LogP contribution in [0, 0.1) is 5.92 Å². The molecule has 2 atom stereocenters. The smallest absolute Gasteiger partial charge is 0.272 e. The number of benzene rings is 1. The van der Waals surface area contributed by atoms with E-state index < -0.39 is 18.2 Å². The first-order valence-electron chi connectivity index (χ1n) is 9.09. The quantitative estimate of drug-likeness (QED) is 0.650. The zero-order chi connectivity index (χ0) is 20.5. The highest BCUT2D eigenvalue weighted by atomic mass is 32.2. The predicted molar refractivity (Wildman–Crippen MR) is 108 cm³/mol. The van der Waals surface area contributed by atoms with Gasteiger partial charge in [-0.05, 0) is 53.5 Å². The summed E-state index contributed by atoms with van der Waals surface area (Å²) in [5.41, 5.74) is 0.610. The highest BCUT2D eigenvalue weighted by molar-refractivity contribution is 7.91. The summed E-state index contributed by atoms with van der Waals surface area (Å²) in [6, 6.07) is 9.00. The minimum atomic E-state index is -3.67. The van der Waals surface area contributed by atoms with E-state index in [1.54, 1.807) is 12.1 Å². The van der Waals surface area contributed by atoms with E-state index in [4.69, 9.17) is 4.43 Å². The molecular formula is C18H30N4O3SSi. The van der Waals surface area contributed by atoms with Crippen molar-refractivity contribution in [3.63, 3.8) is 0 Å². The van der Waals surface area contributed by atoms with Crippen molar-refractivity contribution < 1.29 is 12.8 Å². The third-order valence-electron chi connectivity index (χ3n) is 5.29. The lowest BCUT2D eigenvalue weighted by Gasteiger charge is -2.39. The summed E-state index contributed by atoms with van der Waals surface area (Å²) in [7, 11) is -5.65. The summed E-state index contributed by atoms with van der Waals surface area (Å²) in [4.78, 5) is 0. The summed E-state index contributed by atoms with van der Waals surface area (Å²) < 4.78 is 33.5. The van der Waals surface area contributed by atoms with Crippen LogP contribution in [0.1, 0.15) is 34.6 Å². The molecule has 0 fully saturated rings. The first-order valence-corrected chi connectivity index (χ1v) is 13.7. The largest absolute Gasteiger partial charge is 0.414 e. The minimum Gasteiger partial charge on any atom is -0.414 e. The molecule has 0 aliphatic carbocycles. The Bertz CT molecular complexity index is 860. The van der Waals surface area contributed by atoms with E-state index in [1.807, 2.05) is 32.0 Å². The van der Waals surface area contributed by atoms with E-state index in [2.05, 4.69) is 49.4 Å². The lowest BCUT2D eigenvalue weighted by molar-refractivity contribution is 0.152. The van der Waals surface area contributed by atoms with E-state index in [-0.39, 0.29) is 28.0 Å². The maximum absolute atomic E-state index is 13.0. The van der Waals surface area contributed by atoms with Gasteiger partial charge in [0.25, 0.3) is 5.16 Å². The van der Waals surface area contributed by atoms with Crippen LogP contribution in [-0.2, 0) is 14.3 Å². The van der Waals surface area contributed by atoms with Crippen LogP contribution in [-0.4, -0.2) is 48.8 Å². The normalized spacial score (nSPS) is 15.5. The van der Waals surface area contributed by atoms with Gasteiger partial charge in [0.2, 0.25) is 9.84 Å². The van der Waals surface area contributed by atoms with Crippen molar-refractivity contribution in [3.05, 3.63) is 30.3 Å². The molecule has 0 saturated carbocycles. The number of rotatable bonds is 7. The van der Waals surface area contributed by atoms with E-state index in [1.165, 1.54) is 4.68 Å². The molecule has 1 aromatic carbocycles. The average Bonchev–Trinajstić information content (AvgIpc) is 3.04. The highest BCUT2D eigenvalue weighted by Gasteiger charge is 2.40. The molecule has 0 N–H and O–H groups in total. The van der Waals surface area contributed by atoms with Crippen molar-refractivity contribution in [1.29, 1.82) is 0 Å². The fourth-order valence-corrected chi connectivity index (χ4v) is 5.61. The predicted octanol–water partition coefficient (Wildman–Crippen LogP) is 3.48. The summed E-state index contributed by atoms with van der Waals surface area (Å²) >= 11 is 0. The van der Waals surface area contributed by atoms with Gasteiger partial charge < -0.3 is 4.43 Å². The molecule has 0 radical (unpaired) electrons. The Morgan fingerprint density at radius 3 is 2.30 bits per heavy atom. The van der Waals surface area contributed by atoms with E-state index >= 15 is 0 Å². The Hall–Kier alpha value is -1.58. The minimum absolute atomic E-state index is 0.0667. The van der Waals surface area contributed by atoms with Gasteiger partial charge in [0.15, 0.2) is 8.32 Å². The standard InChI is InChI=1S/C18H30N4O3SSi/c1-14(15(2)25-27(6,7)18(3,4)5)13-26(23,24)17-19-20-21-22(17)16-11-9-8-10-12-16/h8-12,14-15H,13H2,1-7H3/t14-,15+/m1/s1. The fraction of sp³-hybridized carbons (Fsp3) is 0.611. The summed E-state index contributed by atoms with van der Waals surface area (Å²) in [6.07, 6.45) is -0.179. The average molecular weight is 411 g/mol. The molecule has 0 aliphatic rings. The van der Waals surface area contributed by atoms with Crippen molar-refractivity contribution in [1.82, 2.24) is 20.2 Å². The van der Waals surface area contributed by atoms with Crippen LogP contribution in [0.4, 0.5) is 0 Å². The number of para-hydroxylation sites is 1. The van der Waals surface area contributed by atoms with E-state index in [0.29, 0.717) is 5.69 Å². The highest BCUT2D eigenvalue weighted by Crippen LogP contribution is 2.38. The van der Waals surface area contributed by atoms with Crippen molar-refractivity contribution in [2.45, 2.75) is 64.0 Å². The molecule has 0 aliphatic heterocycles. The first kappa shape index (κ1) is 21.7. The molecule has 0 bridgehead atoms. The molecule has 27 heavy (non-hydrogen) atoms. The third kappa shape index (κ3) is 5.02. The van der Waals surface area contributed by atoms with Gasteiger partial charge >= 0.3 is 0 Å². The first-order chi connectivity index (χ1) is 12.3. The summed E-state index contributed by atoms with van der Waals surface area (Å²) in [5, 5.41) is 11.1. The Kier molecular flexibility index (Phi) is 6.28. The van der Waals surface area contributed by atoms with Gasteiger partial charge in [-0.25, -0.2) is 8.42 Å². The molecule has 150 valence electrons. The number of hydrogen-bond donors (Lipinski definition) is 0. The van der Waals surface area contributed by atoms with Gasteiger partial charge in [-0.2, -0.15) is 4.68 Å². The molecule has 0 amide bonds. The van der Waals surface area contributed by atoms with E-state index in [9.17, 15) is 8.42 Å². The van der Waals surface area contributed by atoms with Gasteiger partial charge in [0.1, 0.15) is 0 Å². The Balaban J connectivity index is 2.19. The molecule has 2 rings (SSSR count). The summed E-state index contributed by atoms with van der Waals surface area (Å²) in [6.45, 7) is 14.7. The van der Waals surface area contributed by atoms with Gasteiger partial charge in [-0.15, -0.1) is 0 Å². The van der Waals surface area contributed by atoms with Gasteiger partial charge in [0.05, 0.1) is 11.4 Å². The lowest BCUT2D eigenvalue weighted by Crippen LogP contribution is -2.45. The SMILES string of the molecule is C[C@H](CS(=O)(=O)c1nnnn1-c1ccccc1)[C@H](C)O[Si](C)(C)C(C)(C)C. The zero-order valence-corrected chi connectivity index (χ0v) is 19.0. The Labute approximate surface area is 163 Å². The number of hydrogen-bond acceptors (Lipinski definition) is 6. The van der Waals surface area contributed by atoms with Crippen molar-refractivity contribution in [3.8, 4) is 5.69 Å². The topological polar surface area (TPSA) is 87.0 Å². The molecular weight excluding hydrogens is 380 g/mol. The lowest BCUT2D eigenvalue weighted by atomic mass is 10.1. The van der Waals surface area contributed by atoms with Gasteiger partial charge in [-0.3, -0.25) is 0 Å². The van der Waals surface area contributed by atoms with Crippen LogP contribution in [0.15, 0.2) is 35.5 Å².